The Labute approximate surface area is 143 Å². The predicted octanol–water partition coefficient (Wildman–Crippen LogP) is 4.40. The number of carbonyl (C=O) groups excluding carboxylic acids is 1. The van der Waals surface area contributed by atoms with Crippen molar-refractivity contribution in [2.24, 2.45) is 0 Å². The van der Waals surface area contributed by atoms with Crippen LogP contribution in [0.15, 0.2) is 40.9 Å². The number of halogens is 2. The minimum Gasteiger partial charge on any atom is -0.493 e. The van der Waals surface area contributed by atoms with E-state index in [0.29, 0.717) is 12.4 Å². The molecule has 1 N–H and O–H groups in total. The SMILES string of the molecule is CCOc1ccc(F)cc1C(=O)NC1CCc2cc(Br)ccc21. The average Bonchev–Trinajstić information content (AvgIpc) is 2.91. The van der Waals surface area contributed by atoms with Crippen LogP contribution < -0.4 is 10.1 Å². The number of amides is 1. The summed E-state index contributed by atoms with van der Waals surface area (Å²) in [5, 5.41) is 3.00. The second-order valence-electron chi connectivity index (χ2n) is 5.48. The molecule has 1 unspecified atom stereocenters. The molecule has 0 spiro atoms. The molecule has 1 atom stereocenters. The zero-order chi connectivity index (χ0) is 16.4. The van der Waals surface area contributed by atoms with Crippen LogP contribution in [0.3, 0.4) is 0 Å². The molecule has 2 aromatic carbocycles. The van der Waals surface area contributed by atoms with Gasteiger partial charge in [-0.1, -0.05) is 22.0 Å². The van der Waals surface area contributed by atoms with E-state index < -0.39 is 5.82 Å². The van der Waals surface area contributed by atoms with Crippen LogP contribution in [0.1, 0.15) is 40.9 Å². The van der Waals surface area contributed by atoms with Gasteiger partial charge in [0.05, 0.1) is 18.2 Å². The maximum absolute atomic E-state index is 13.5. The van der Waals surface area contributed by atoms with Crippen LogP contribution in [0, 0.1) is 5.82 Å². The second-order valence-corrected chi connectivity index (χ2v) is 6.40. The van der Waals surface area contributed by atoms with Gasteiger partial charge in [0, 0.05) is 4.47 Å². The van der Waals surface area contributed by atoms with E-state index in [2.05, 4.69) is 27.3 Å². The first-order valence-electron chi connectivity index (χ1n) is 7.60. The molecule has 0 saturated heterocycles. The summed E-state index contributed by atoms with van der Waals surface area (Å²) in [6, 6.07) is 10.0. The first-order valence-corrected chi connectivity index (χ1v) is 8.39. The number of aryl methyl sites for hydroxylation is 1. The van der Waals surface area contributed by atoms with Gasteiger partial charge < -0.3 is 10.1 Å². The van der Waals surface area contributed by atoms with Gasteiger partial charge in [-0.3, -0.25) is 4.79 Å². The van der Waals surface area contributed by atoms with Crippen molar-refractivity contribution >= 4 is 21.8 Å². The Morgan fingerprint density at radius 3 is 2.96 bits per heavy atom. The van der Waals surface area contributed by atoms with E-state index in [1.165, 1.54) is 23.8 Å². The van der Waals surface area contributed by atoms with Crippen LogP contribution in [0.4, 0.5) is 4.39 Å². The van der Waals surface area contributed by atoms with E-state index in [1.807, 2.05) is 19.1 Å². The summed E-state index contributed by atoms with van der Waals surface area (Å²) in [4.78, 5) is 12.6. The summed E-state index contributed by atoms with van der Waals surface area (Å²) in [5.41, 5.74) is 2.59. The monoisotopic (exact) mass is 377 g/mol. The quantitative estimate of drug-likeness (QED) is 0.856. The molecule has 23 heavy (non-hydrogen) atoms. The molecule has 1 aliphatic carbocycles. The molecule has 0 aromatic heterocycles. The van der Waals surface area contributed by atoms with Gasteiger partial charge in [-0.25, -0.2) is 4.39 Å². The molecule has 0 bridgehead atoms. The standard InChI is InChI=1S/C18H17BrFNO2/c1-2-23-17-8-5-13(20)10-15(17)18(22)21-16-7-3-11-9-12(19)4-6-14(11)16/h4-6,8-10,16H,2-3,7H2,1H3,(H,21,22). The highest BCUT2D eigenvalue weighted by molar-refractivity contribution is 9.10. The van der Waals surface area contributed by atoms with E-state index in [1.54, 1.807) is 0 Å². The normalized spacial score (nSPS) is 16.0. The number of nitrogens with one attached hydrogen (secondary N) is 1. The third kappa shape index (κ3) is 3.39. The Bertz CT molecular complexity index is 748. The highest BCUT2D eigenvalue weighted by Gasteiger charge is 2.25. The highest BCUT2D eigenvalue weighted by Crippen LogP contribution is 2.33. The van der Waals surface area contributed by atoms with E-state index in [9.17, 15) is 9.18 Å². The van der Waals surface area contributed by atoms with Gasteiger partial charge in [0.1, 0.15) is 11.6 Å². The van der Waals surface area contributed by atoms with E-state index in [4.69, 9.17) is 4.74 Å². The summed E-state index contributed by atoms with van der Waals surface area (Å²) in [7, 11) is 0. The van der Waals surface area contributed by atoms with Crippen molar-refractivity contribution in [1.29, 1.82) is 0 Å². The molecule has 0 saturated carbocycles. The van der Waals surface area contributed by atoms with Crippen molar-refractivity contribution in [2.75, 3.05) is 6.61 Å². The number of hydrogen-bond donors (Lipinski definition) is 1. The third-order valence-corrected chi connectivity index (χ3v) is 4.47. The van der Waals surface area contributed by atoms with Gasteiger partial charge in [-0.15, -0.1) is 0 Å². The van der Waals surface area contributed by atoms with Crippen LogP contribution in [0.2, 0.25) is 0 Å². The fraction of sp³-hybridized carbons (Fsp3) is 0.278. The predicted molar refractivity (Wildman–Crippen MR) is 90.2 cm³/mol. The highest BCUT2D eigenvalue weighted by atomic mass is 79.9. The Morgan fingerprint density at radius 2 is 2.17 bits per heavy atom. The van der Waals surface area contributed by atoms with Crippen LogP contribution in [-0.4, -0.2) is 12.5 Å². The molecule has 3 rings (SSSR count). The minimum atomic E-state index is -0.450. The summed E-state index contributed by atoms with van der Waals surface area (Å²) in [5.74, 6) is -0.358. The molecular weight excluding hydrogens is 361 g/mol. The fourth-order valence-electron chi connectivity index (χ4n) is 2.93. The molecule has 0 fully saturated rings. The topological polar surface area (TPSA) is 38.3 Å². The largest absolute Gasteiger partial charge is 0.493 e. The molecule has 1 aliphatic rings. The summed E-state index contributed by atoms with van der Waals surface area (Å²) in [6.45, 7) is 2.25. The number of rotatable bonds is 4. The number of benzene rings is 2. The first-order chi connectivity index (χ1) is 11.1. The van der Waals surface area contributed by atoms with Gasteiger partial charge in [0.25, 0.3) is 5.91 Å². The van der Waals surface area contributed by atoms with Gasteiger partial charge in [-0.05, 0) is 61.2 Å². The van der Waals surface area contributed by atoms with Crippen molar-refractivity contribution in [3.8, 4) is 5.75 Å². The van der Waals surface area contributed by atoms with E-state index in [-0.39, 0.29) is 17.5 Å². The summed E-state index contributed by atoms with van der Waals surface area (Å²) < 4.78 is 20.0. The van der Waals surface area contributed by atoms with Gasteiger partial charge >= 0.3 is 0 Å². The molecule has 0 heterocycles. The molecular formula is C18H17BrFNO2. The van der Waals surface area contributed by atoms with Gasteiger partial charge in [-0.2, -0.15) is 0 Å². The van der Waals surface area contributed by atoms with Crippen molar-refractivity contribution < 1.29 is 13.9 Å². The van der Waals surface area contributed by atoms with Crippen LogP contribution >= 0.6 is 15.9 Å². The average molecular weight is 378 g/mol. The lowest BCUT2D eigenvalue weighted by molar-refractivity contribution is 0.0932. The zero-order valence-corrected chi connectivity index (χ0v) is 14.3. The molecule has 2 aromatic rings. The second kappa shape index (κ2) is 6.71. The van der Waals surface area contributed by atoms with E-state index >= 15 is 0 Å². The van der Waals surface area contributed by atoms with Crippen LogP contribution in [-0.2, 0) is 6.42 Å². The number of hydrogen-bond acceptors (Lipinski definition) is 2. The number of fused-ring (bicyclic) bond motifs is 1. The maximum Gasteiger partial charge on any atom is 0.255 e. The molecule has 3 nitrogen and oxygen atoms in total. The van der Waals surface area contributed by atoms with Crippen LogP contribution in [0.5, 0.6) is 5.75 Å². The number of ether oxygens (including phenoxy) is 1. The maximum atomic E-state index is 13.5. The Balaban J connectivity index is 1.82. The Kier molecular flexibility index (Phi) is 4.66. The smallest absolute Gasteiger partial charge is 0.255 e. The Morgan fingerprint density at radius 1 is 1.35 bits per heavy atom. The Hall–Kier alpha value is -1.88. The molecule has 0 aliphatic heterocycles. The number of carbonyl (C=O) groups is 1. The van der Waals surface area contributed by atoms with Crippen molar-refractivity contribution in [3.05, 3.63) is 63.4 Å². The molecule has 5 heteroatoms. The van der Waals surface area contributed by atoms with Gasteiger partial charge in [0.2, 0.25) is 0 Å². The lowest BCUT2D eigenvalue weighted by Crippen LogP contribution is -2.27. The van der Waals surface area contributed by atoms with Crippen LogP contribution in [0.25, 0.3) is 0 Å². The third-order valence-electron chi connectivity index (χ3n) is 3.97. The van der Waals surface area contributed by atoms with Gasteiger partial charge in [0.15, 0.2) is 0 Å². The lowest BCUT2D eigenvalue weighted by atomic mass is 10.1. The molecule has 0 radical (unpaired) electrons. The molecule has 120 valence electrons. The summed E-state index contributed by atoms with van der Waals surface area (Å²) in [6.07, 6.45) is 1.76. The summed E-state index contributed by atoms with van der Waals surface area (Å²) >= 11 is 3.46. The lowest BCUT2D eigenvalue weighted by Gasteiger charge is -2.16. The van der Waals surface area contributed by atoms with E-state index in [0.717, 1.165) is 22.9 Å². The van der Waals surface area contributed by atoms with Crippen molar-refractivity contribution in [1.82, 2.24) is 5.32 Å². The zero-order valence-electron chi connectivity index (χ0n) is 12.7. The first kappa shape index (κ1) is 16.0. The molecule has 1 amide bonds. The fourth-order valence-corrected chi connectivity index (χ4v) is 3.34. The van der Waals surface area contributed by atoms with Crippen molar-refractivity contribution in [3.63, 3.8) is 0 Å². The van der Waals surface area contributed by atoms with Crippen molar-refractivity contribution in [2.45, 2.75) is 25.8 Å². The minimum absolute atomic E-state index is 0.0525.